The molecule has 3 aromatic rings. The lowest BCUT2D eigenvalue weighted by atomic mass is 10.1. The molecular formula is C12H8O2S. The van der Waals surface area contributed by atoms with E-state index in [0.29, 0.717) is 0 Å². The molecule has 3 rings (SSSR count). The first-order valence-corrected chi connectivity index (χ1v) is 5.53. The Hall–Kier alpha value is -1.74. The molecule has 0 unspecified atom stereocenters. The molecule has 0 atom stereocenters. The van der Waals surface area contributed by atoms with Gasteiger partial charge in [0.2, 0.25) is 0 Å². The van der Waals surface area contributed by atoms with Gasteiger partial charge in [-0.25, -0.2) is 0 Å². The molecule has 0 aliphatic carbocycles. The summed E-state index contributed by atoms with van der Waals surface area (Å²) < 4.78 is 10.8. The Morgan fingerprint density at radius 2 is 1.33 bits per heavy atom. The van der Waals surface area contributed by atoms with Gasteiger partial charge in [0.1, 0.15) is 11.5 Å². The van der Waals surface area contributed by atoms with Gasteiger partial charge in [-0.1, -0.05) is 0 Å². The smallest absolute Gasteiger partial charge is 0.135 e. The highest BCUT2D eigenvalue weighted by Crippen LogP contribution is 2.35. The van der Waals surface area contributed by atoms with E-state index in [1.54, 1.807) is 23.9 Å². The van der Waals surface area contributed by atoms with Crippen molar-refractivity contribution in [1.29, 1.82) is 0 Å². The molecule has 0 saturated heterocycles. The molecule has 3 aromatic heterocycles. The van der Waals surface area contributed by atoms with Crippen LogP contribution in [-0.2, 0) is 0 Å². The first-order valence-electron chi connectivity index (χ1n) is 4.59. The van der Waals surface area contributed by atoms with Crippen molar-refractivity contribution in [2.45, 2.75) is 0 Å². The summed E-state index contributed by atoms with van der Waals surface area (Å²) in [5.41, 5.74) is 2.17. The third-order valence-electron chi connectivity index (χ3n) is 2.24. The standard InChI is InChI=1S/C12H8O2S/c1-3-11(13-5-1)9-7-15-8-10(9)12-4-2-6-14-12/h1-8H. The zero-order valence-electron chi connectivity index (χ0n) is 7.84. The van der Waals surface area contributed by atoms with Crippen molar-refractivity contribution >= 4 is 11.3 Å². The maximum atomic E-state index is 5.38. The quantitative estimate of drug-likeness (QED) is 0.639. The van der Waals surface area contributed by atoms with Gasteiger partial charge in [-0.3, -0.25) is 0 Å². The molecule has 0 spiro atoms. The average Bonchev–Trinajstić information content (AvgIpc) is 3.01. The van der Waals surface area contributed by atoms with E-state index >= 15 is 0 Å². The second-order valence-electron chi connectivity index (χ2n) is 3.15. The minimum Gasteiger partial charge on any atom is -0.464 e. The maximum Gasteiger partial charge on any atom is 0.135 e. The van der Waals surface area contributed by atoms with E-state index in [2.05, 4.69) is 10.8 Å². The molecule has 3 heterocycles. The summed E-state index contributed by atoms with van der Waals surface area (Å²) >= 11 is 1.64. The molecule has 0 N–H and O–H groups in total. The van der Waals surface area contributed by atoms with Crippen LogP contribution in [-0.4, -0.2) is 0 Å². The van der Waals surface area contributed by atoms with Crippen LogP contribution in [0.25, 0.3) is 22.6 Å². The molecule has 2 nitrogen and oxygen atoms in total. The van der Waals surface area contributed by atoms with Crippen molar-refractivity contribution in [2.75, 3.05) is 0 Å². The highest BCUT2D eigenvalue weighted by atomic mass is 32.1. The van der Waals surface area contributed by atoms with Crippen LogP contribution >= 0.6 is 11.3 Å². The summed E-state index contributed by atoms with van der Waals surface area (Å²) in [6.07, 6.45) is 3.36. The van der Waals surface area contributed by atoms with Gasteiger partial charge in [0.05, 0.1) is 12.5 Å². The Labute approximate surface area is 90.8 Å². The zero-order chi connectivity index (χ0) is 10.1. The fourth-order valence-corrected chi connectivity index (χ4v) is 2.37. The molecule has 0 aromatic carbocycles. The van der Waals surface area contributed by atoms with Crippen LogP contribution in [0.3, 0.4) is 0 Å². The van der Waals surface area contributed by atoms with Gasteiger partial charge in [0, 0.05) is 21.9 Å². The van der Waals surface area contributed by atoms with Crippen LogP contribution in [0.4, 0.5) is 0 Å². The van der Waals surface area contributed by atoms with E-state index in [-0.39, 0.29) is 0 Å². The summed E-state index contributed by atoms with van der Waals surface area (Å²) in [6, 6.07) is 7.68. The first-order chi connectivity index (χ1) is 7.45. The normalized spacial score (nSPS) is 10.7. The Bertz CT molecular complexity index is 483. The van der Waals surface area contributed by atoms with Crippen LogP contribution in [0.5, 0.6) is 0 Å². The summed E-state index contributed by atoms with van der Waals surface area (Å²) in [6.45, 7) is 0. The lowest BCUT2D eigenvalue weighted by Gasteiger charge is -1.96. The minimum absolute atomic E-state index is 0.877. The highest BCUT2D eigenvalue weighted by Gasteiger charge is 2.12. The fourth-order valence-electron chi connectivity index (χ4n) is 1.54. The van der Waals surface area contributed by atoms with E-state index in [1.165, 1.54) is 0 Å². The van der Waals surface area contributed by atoms with E-state index in [4.69, 9.17) is 8.83 Å². The Morgan fingerprint density at radius 1 is 0.800 bits per heavy atom. The molecule has 0 fully saturated rings. The first kappa shape index (κ1) is 8.56. The maximum absolute atomic E-state index is 5.38. The van der Waals surface area contributed by atoms with Gasteiger partial charge in [-0.2, -0.15) is 11.3 Å². The fraction of sp³-hybridized carbons (Fsp3) is 0. The second kappa shape index (κ2) is 3.44. The average molecular weight is 216 g/mol. The van der Waals surface area contributed by atoms with Crippen molar-refractivity contribution in [2.24, 2.45) is 0 Å². The molecule has 0 saturated carbocycles. The predicted octanol–water partition coefficient (Wildman–Crippen LogP) is 4.27. The minimum atomic E-state index is 0.877. The van der Waals surface area contributed by atoms with E-state index in [1.807, 2.05) is 24.3 Å². The SMILES string of the molecule is c1coc(-c2cscc2-c2ccco2)c1. The summed E-state index contributed by atoms with van der Waals surface area (Å²) in [7, 11) is 0. The van der Waals surface area contributed by atoms with Gasteiger partial charge in [0.25, 0.3) is 0 Å². The molecule has 0 bridgehead atoms. The van der Waals surface area contributed by atoms with E-state index in [9.17, 15) is 0 Å². The molecule has 0 aliphatic heterocycles. The Kier molecular flexibility index (Phi) is 1.96. The van der Waals surface area contributed by atoms with Crippen LogP contribution in [0, 0.1) is 0 Å². The third kappa shape index (κ3) is 1.41. The lowest BCUT2D eigenvalue weighted by molar-refractivity contribution is 0.576. The van der Waals surface area contributed by atoms with Crippen molar-refractivity contribution in [1.82, 2.24) is 0 Å². The van der Waals surface area contributed by atoms with Gasteiger partial charge >= 0.3 is 0 Å². The van der Waals surface area contributed by atoms with Gasteiger partial charge in [-0.05, 0) is 24.3 Å². The van der Waals surface area contributed by atoms with Crippen molar-refractivity contribution in [3.05, 3.63) is 47.6 Å². The molecule has 0 radical (unpaired) electrons. The number of thiophene rings is 1. The molecule has 15 heavy (non-hydrogen) atoms. The lowest BCUT2D eigenvalue weighted by Crippen LogP contribution is -1.73. The second-order valence-corrected chi connectivity index (χ2v) is 3.90. The Balaban J connectivity index is 2.15. The number of hydrogen-bond acceptors (Lipinski definition) is 3. The van der Waals surface area contributed by atoms with Crippen LogP contribution < -0.4 is 0 Å². The summed E-state index contributed by atoms with van der Waals surface area (Å²) in [5.74, 6) is 1.75. The predicted molar refractivity (Wildman–Crippen MR) is 59.7 cm³/mol. The zero-order valence-corrected chi connectivity index (χ0v) is 8.66. The van der Waals surface area contributed by atoms with Crippen LogP contribution in [0.2, 0.25) is 0 Å². The van der Waals surface area contributed by atoms with Gasteiger partial charge < -0.3 is 8.83 Å². The molecule has 0 aliphatic rings. The van der Waals surface area contributed by atoms with Crippen LogP contribution in [0.1, 0.15) is 0 Å². The topological polar surface area (TPSA) is 26.3 Å². The van der Waals surface area contributed by atoms with Crippen molar-refractivity contribution in [3.8, 4) is 22.6 Å². The molecule has 3 heteroatoms. The van der Waals surface area contributed by atoms with E-state index in [0.717, 1.165) is 22.6 Å². The van der Waals surface area contributed by atoms with Gasteiger partial charge in [-0.15, -0.1) is 0 Å². The number of rotatable bonds is 2. The molecular weight excluding hydrogens is 208 g/mol. The van der Waals surface area contributed by atoms with Crippen molar-refractivity contribution < 1.29 is 8.83 Å². The largest absolute Gasteiger partial charge is 0.464 e. The Morgan fingerprint density at radius 3 is 1.73 bits per heavy atom. The van der Waals surface area contributed by atoms with Gasteiger partial charge in [0.15, 0.2) is 0 Å². The monoisotopic (exact) mass is 216 g/mol. The van der Waals surface area contributed by atoms with Crippen LogP contribution in [0.15, 0.2) is 56.4 Å². The van der Waals surface area contributed by atoms with E-state index < -0.39 is 0 Å². The number of hydrogen-bond donors (Lipinski definition) is 0. The highest BCUT2D eigenvalue weighted by molar-refractivity contribution is 7.08. The van der Waals surface area contributed by atoms with Crippen molar-refractivity contribution in [3.63, 3.8) is 0 Å². The summed E-state index contributed by atoms with van der Waals surface area (Å²) in [5, 5.41) is 4.13. The molecule has 74 valence electrons. The summed E-state index contributed by atoms with van der Waals surface area (Å²) in [4.78, 5) is 0. The third-order valence-corrected chi connectivity index (χ3v) is 2.98. The number of furan rings is 2. The molecule has 0 amide bonds.